The molecule has 1 N–H and O–H groups in total. The quantitative estimate of drug-likeness (QED) is 0.734. The summed E-state index contributed by atoms with van der Waals surface area (Å²) in [7, 11) is 0. The molecule has 3 aromatic heterocycles. The minimum atomic E-state index is 0.153. The SMILES string of the molecule is CCc1nnc(Nc2cc(C3CCCN3c3ncccn3)nc(C)n2)s1. The van der Waals surface area contributed by atoms with E-state index in [1.807, 2.05) is 19.1 Å². The van der Waals surface area contributed by atoms with Crippen molar-refractivity contribution in [3.8, 4) is 0 Å². The Kier molecular flexibility index (Phi) is 4.70. The van der Waals surface area contributed by atoms with Crippen LogP contribution in [0.3, 0.4) is 0 Å². The second-order valence-corrected chi connectivity index (χ2v) is 7.17. The first-order chi connectivity index (χ1) is 12.7. The molecule has 1 fully saturated rings. The Hall–Kier alpha value is -2.68. The maximum atomic E-state index is 4.67. The Morgan fingerprint density at radius 1 is 1.23 bits per heavy atom. The van der Waals surface area contributed by atoms with E-state index >= 15 is 0 Å². The Labute approximate surface area is 155 Å². The number of hydrogen-bond donors (Lipinski definition) is 1. The average Bonchev–Trinajstić information content (AvgIpc) is 3.31. The van der Waals surface area contributed by atoms with Crippen LogP contribution in [0.4, 0.5) is 16.9 Å². The van der Waals surface area contributed by atoms with E-state index in [0.29, 0.717) is 0 Å². The van der Waals surface area contributed by atoms with Gasteiger partial charge in [0.05, 0.1) is 11.7 Å². The van der Waals surface area contributed by atoms with Crippen LogP contribution in [0.15, 0.2) is 24.5 Å². The first kappa shape index (κ1) is 16.8. The van der Waals surface area contributed by atoms with Crippen molar-refractivity contribution in [1.29, 1.82) is 0 Å². The number of aryl methyl sites for hydroxylation is 2. The van der Waals surface area contributed by atoms with Gasteiger partial charge in [0.1, 0.15) is 16.6 Å². The summed E-state index contributed by atoms with van der Waals surface area (Å²) in [6, 6.07) is 3.98. The maximum Gasteiger partial charge on any atom is 0.225 e. The largest absolute Gasteiger partial charge is 0.332 e. The van der Waals surface area contributed by atoms with E-state index in [4.69, 9.17) is 0 Å². The molecule has 0 aromatic carbocycles. The third-order valence-corrected chi connectivity index (χ3v) is 5.25. The zero-order chi connectivity index (χ0) is 17.9. The molecule has 4 rings (SSSR count). The van der Waals surface area contributed by atoms with Crippen molar-refractivity contribution in [1.82, 2.24) is 30.1 Å². The van der Waals surface area contributed by atoms with E-state index in [0.717, 1.165) is 59.2 Å². The third-order valence-electron chi connectivity index (χ3n) is 4.27. The molecule has 1 atom stereocenters. The Balaban J connectivity index is 1.61. The molecule has 0 radical (unpaired) electrons. The molecule has 4 heterocycles. The molecule has 1 aliphatic heterocycles. The Morgan fingerprint density at radius 2 is 2.08 bits per heavy atom. The van der Waals surface area contributed by atoms with Crippen LogP contribution in [-0.4, -0.2) is 36.7 Å². The highest BCUT2D eigenvalue weighted by atomic mass is 32.1. The Morgan fingerprint density at radius 3 is 2.85 bits per heavy atom. The van der Waals surface area contributed by atoms with Crippen molar-refractivity contribution in [2.45, 2.75) is 39.2 Å². The van der Waals surface area contributed by atoms with E-state index < -0.39 is 0 Å². The second-order valence-electron chi connectivity index (χ2n) is 6.10. The fourth-order valence-corrected chi connectivity index (χ4v) is 3.82. The van der Waals surface area contributed by atoms with Crippen molar-refractivity contribution in [3.63, 3.8) is 0 Å². The van der Waals surface area contributed by atoms with Gasteiger partial charge in [-0.1, -0.05) is 18.3 Å². The van der Waals surface area contributed by atoms with E-state index in [9.17, 15) is 0 Å². The predicted octanol–water partition coefficient (Wildman–Crippen LogP) is 3.07. The molecule has 1 aliphatic rings. The van der Waals surface area contributed by atoms with Gasteiger partial charge in [0.2, 0.25) is 11.1 Å². The summed E-state index contributed by atoms with van der Waals surface area (Å²) in [6.45, 7) is 4.90. The average molecular weight is 368 g/mol. The normalized spacial score (nSPS) is 16.8. The summed E-state index contributed by atoms with van der Waals surface area (Å²) in [5.74, 6) is 2.22. The van der Waals surface area contributed by atoms with Crippen molar-refractivity contribution < 1.29 is 0 Å². The van der Waals surface area contributed by atoms with Gasteiger partial charge in [-0.25, -0.2) is 19.9 Å². The molecule has 26 heavy (non-hydrogen) atoms. The molecule has 0 aliphatic carbocycles. The molecule has 3 aromatic rings. The highest BCUT2D eigenvalue weighted by molar-refractivity contribution is 7.15. The maximum absolute atomic E-state index is 4.67. The summed E-state index contributed by atoms with van der Waals surface area (Å²) in [5.41, 5.74) is 0.977. The first-order valence-electron chi connectivity index (χ1n) is 8.71. The van der Waals surface area contributed by atoms with Crippen molar-refractivity contribution in [2.24, 2.45) is 0 Å². The third kappa shape index (κ3) is 3.48. The fourth-order valence-electron chi connectivity index (χ4n) is 3.14. The zero-order valence-electron chi connectivity index (χ0n) is 14.8. The first-order valence-corrected chi connectivity index (χ1v) is 9.53. The van der Waals surface area contributed by atoms with Crippen LogP contribution < -0.4 is 10.2 Å². The molecular formula is C17H20N8S. The number of rotatable bonds is 5. The molecule has 0 amide bonds. The summed E-state index contributed by atoms with van der Waals surface area (Å²) in [4.78, 5) is 20.2. The summed E-state index contributed by atoms with van der Waals surface area (Å²) >= 11 is 1.54. The number of aromatic nitrogens is 6. The lowest BCUT2D eigenvalue weighted by Gasteiger charge is -2.24. The second kappa shape index (κ2) is 7.28. The van der Waals surface area contributed by atoms with Gasteiger partial charge in [0.25, 0.3) is 0 Å². The molecule has 8 nitrogen and oxygen atoms in total. The van der Waals surface area contributed by atoms with Crippen LogP contribution in [0.1, 0.15) is 42.3 Å². The van der Waals surface area contributed by atoms with Crippen LogP contribution in [0.5, 0.6) is 0 Å². The molecule has 0 saturated carbocycles. The van der Waals surface area contributed by atoms with E-state index in [-0.39, 0.29) is 6.04 Å². The molecule has 0 spiro atoms. The van der Waals surface area contributed by atoms with Gasteiger partial charge < -0.3 is 10.2 Å². The molecule has 9 heteroatoms. The predicted molar refractivity (Wildman–Crippen MR) is 101 cm³/mol. The summed E-state index contributed by atoms with van der Waals surface area (Å²) < 4.78 is 0. The van der Waals surface area contributed by atoms with Crippen LogP contribution >= 0.6 is 11.3 Å². The number of hydrogen-bond acceptors (Lipinski definition) is 9. The van der Waals surface area contributed by atoms with Crippen molar-refractivity contribution in [2.75, 3.05) is 16.8 Å². The lowest BCUT2D eigenvalue weighted by Crippen LogP contribution is -2.25. The summed E-state index contributed by atoms with van der Waals surface area (Å²) in [6.07, 6.45) is 6.53. The highest BCUT2D eigenvalue weighted by Gasteiger charge is 2.29. The van der Waals surface area contributed by atoms with E-state index in [1.165, 1.54) is 0 Å². The smallest absolute Gasteiger partial charge is 0.225 e. The van der Waals surface area contributed by atoms with E-state index in [2.05, 4.69) is 47.3 Å². The van der Waals surface area contributed by atoms with Gasteiger partial charge in [0, 0.05) is 25.0 Å². The lowest BCUT2D eigenvalue weighted by molar-refractivity contribution is 0.673. The topological polar surface area (TPSA) is 92.6 Å². The molecule has 0 bridgehead atoms. The van der Waals surface area contributed by atoms with Gasteiger partial charge in [-0.05, 0) is 32.3 Å². The number of anilines is 3. The number of nitrogens with zero attached hydrogens (tertiary/aromatic N) is 7. The molecular weight excluding hydrogens is 348 g/mol. The molecule has 134 valence electrons. The van der Waals surface area contributed by atoms with Gasteiger partial charge in [-0.15, -0.1) is 10.2 Å². The minimum Gasteiger partial charge on any atom is -0.332 e. The lowest BCUT2D eigenvalue weighted by atomic mass is 10.1. The van der Waals surface area contributed by atoms with Crippen LogP contribution in [0.2, 0.25) is 0 Å². The number of nitrogens with one attached hydrogen (secondary N) is 1. The van der Waals surface area contributed by atoms with Crippen LogP contribution in [0.25, 0.3) is 0 Å². The fraction of sp³-hybridized carbons (Fsp3) is 0.412. The monoisotopic (exact) mass is 368 g/mol. The zero-order valence-corrected chi connectivity index (χ0v) is 15.6. The minimum absolute atomic E-state index is 0.153. The van der Waals surface area contributed by atoms with Gasteiger partial charge in [-0.2, -0.15) is 0 Å². The highest BCUT2D eigenvalue weighted by Crippen LogP contribution is 2.34. The van der Waals surface area contributed by atoms with Crippen LogP contribution in [-0.2, 0) is 6.42 Å². The summed E-state index contributed by atoms with van der Waals surface area (Å²) in [5, 5.41) is 13.3. The standard InChI is InChI=1S/C17H20N8S/c1-3-15-23-24-17(26-15)22-14-10-12(20-11(2)21-14)13-6-4-9-25(13)16-18-7-5-8-19-16/h5,7-8,10,13H,3-4,6,9H2,1-2H3,(H,20,21,22,24). The molecule has 1 saturated heterocycles. The molecule has 1 unspecified atom stereocenters. The van der Waals surface area contributed by atoms with Gasteiger partial charge in [-0.3, -0.25) is 0 Å². The Bertz CT molecular complexity index is 881. The van der Waals surface area contributed by atoms with E-state index in [1.54, 1.807) is 23.7 Å². The van der Waals surface area contributed by atoms with Crippen molar-refractivity contribution >= 4 is 28.2 Å². The van der Waals surface area contributed by atoms with Crippen LogP contribution in [0, 0.1) is 6.92 Å². The van der Waals surface area contributed by atoms with Gasteiger partial charge >= 0.3 is 0 Å². The van der Waals surface area contributed by atoms with Crippen molar-refractivity contribution in [3.05, 3.63) is 41.1 Å². The van der Waals surface area contributed by atoms with Gasteiger partial charge in [0.15, 0.2) is 0 Å².